The van der Waals surface area contributed by atoms with Crippen LogP contribution in [-0.2, 0) is 32.0 Å². The van der Waals surface area contributed by atoms with Crippen molar-refractivity contribution in [3.05, 3.63) is 24.3 Å². The van der Waals surface area contributed by atoms with E-state index in [2.05, 4.69) is 59.0 Å². The van der Waals surface area contributed by atoms with Crippen LogP contribution in [0.2, 0.25) is 51.9 Å². The Morgan fingerprint density at radius 3 is 1.71 bits per heavy atom. The summed E-state index contributed by atoms with van der Waals surface area (Å²) >= 11 is 0. The average Bonchev–Trinajstić information content (AvgIpc) is 2.54. The molecule has 10 heteroatoms. The molecule has 0 bridgehead atoms. The van der Waals surface area contributed by atoms with Gasteiger partial charge in [0.1, 0.15) is 6.61 Å². The number of hydrogen-bond acceptors (Lipinski definition) is 7. The quantitative estimate of drug-likeness (QED) is 0.141. The van der Waals surface area contributed by atoms with Gasteiger partial charge < -0.3 is 22.4 Å². The van der Waals surface area contributed by atoms with E-state index in [9.17, 15) is 9.59 Å². The summed E-state index contributed by atoms with van der Waals surface area (Å²) in [6.07, 6.45) is 0.0531. The van der Waals surface area contributed by atoms with Crippen molar-refractivity contribution in [3.8, 4) is 0 Å². The van der Waals surface area contributed by atoms with Crippen molar-refractivity contribution in [2.75, 3.05) is 19.8 Å². The van der Waals surface area contributed by atoms with Crippen LogP contribution in [0, 0.1) is 0 Å². The highest BCUT2D eigenvalue weighted by atomic mass is 28.5. The van der Waals surface area contributed by atoms with E-state index in [0.717, 1.165) is 12.5 Å². The Labute approximate surface area is 191 Å². The number of rotatable bonds is 15. The molecule has 0 saturated carbocycles. The van der Waals surface area contributed by atoms with Gasteiger partial charge >= 0.3 is 20.5 Å². The summed E-state index contributed by atoms with van der Waals surface area (Å²) in [5.74, 6) is -1.09. The van der Waals surface area contributed by atoms with Crippen molar-refractivity contribution in [1.82, 2.24) is 0 Å². The lowest BCUT2D eigenvalue weighted by Crippen LogP contribution is -2.52. The maximum atomic E-state index is 11.9. The summed E-state index contributed by atoms with van der Waals surface area (Å²) in [4.78, 5) is 23.5. The lowest BCUT2D eigenvalue weighted by molar-refractivity contribution is -0.157. The summed E-state index contributed by atoms with van der Waals surface area (Å²) in [5.41, 5.74) is 0.546. The highest BCUT2D eigenvalue weighted by Crippen LogP contribution is 2.25. The lowest BCUT2D eigenvalue weighted by atomic mass is 10.3. The van der Waals surface area contributed by atoms with Gasteiger partial charge in [0.2, 0.25) is 0 Å². The van der Waals surface area contributed by atoms with E-state index in [0.29, 0.717) is 6.61 Å². The number of carbonyl (C=O) groups is 2. The number of carbonyl (C=O) groups excluding carboxylic acids is 2. The Morgan fingerprint density at radius 1 is 0.806 bits per heavy atom. The fourth-order valence-electron chi connectivity index (χ4n) is 2.79. The fourth-order valence-corrected chi connectivity index (χ4v) is 15.3. The molecule has 0 spiro atoms. The maximum absolute atomic E-state index is 11.9. The van der Waals surface area contributed by atoms with Gasteiger partial charge in [-0.25, -0.2) is 9.59 Å². The zero-order valence-electron chi connectivity index (χ0n) is 20.9. The standard InChI is InChI=1S/C21H42O7Si3/c1-17(2)20(22)25-16-19(26-21(23)18(3)4)15-24-13-12-14-31(11,27-29(5,6)7)28-30(8,9)10/h19H,1,3,12-16H2,2,4-11H3. The third-order valence-corrected chi connectivity index (χ3v) is 13.3. The third kappa shape index (κ3) is 15.4. The van der Waals surface area contributed by atoms with Crippen LogP contribution in [0.25, 0.3) is 0 Å². The van der Waals surface area contributed by atoms with Crippen molar-refractivity contribution in [3.63, 3.8) is 0 Å². The molecule has 1 atom stereocenters. The largest absolute Gasteiger partial charge is 0.458 e. The fraction of sp³-hybridized carbons (Fsp3) is 0.714. The zero-order valence-corrected chi connectivity index (χ0v) is 23.9. The van der Waals surface area contributed by atoms with Crippen LogP contribution in [0.15, 0.2) is 24.3 Å². The molecule has 180 valence electrons. The minimum atomic E-state index is -2.31. The second-order valence-electron chi connectivity index (χ2n) is 9.93. The molecule has 0 radical (unpaired) electrons. The van der Waals surface area contributed by atoms with E-state index >= 15 is 0 Å². The smallest absolute Gasteiger partial charge is 0.333 e. The van der Waals surface area contributed by atoms with Gasteiger partial charge in [-0.05, 0) is 72.1 Å². The van der Waals surface area contributed by atoms with Crippen molar-refractivity contribution in [2.45, 2.75) is 78.2 Å². The van der Waals surface area contributed by atoms with Crippen LogP contribution < -0.4 is 0 Å². The summed E-state index contributed by atoms with van der Waals surface area (Å²) in [6.45, 7) is 25.9. The monoisotopic (exact) mass is 490 g/mol. The Balaban J connectivity index is 4.78. The van der Waals surface area contributed by atoms with Crippen LogP contribution in [0.4, 0.5) is 0 Å². The minimum absolute atomic E-state index is 0.103. The number of esters is 2. The first-order valence-corrected chi connectivity index (χ1v) is 20.0. The summed E-state index contributed by atoms with van der Waals surface area (Å²) < 4.78 is 29.1. The lowest BCUT2D eigenvalue weighted by Gasteiger charge is -2.38. The van der Waals surface area contributed by atoms with Gasteiger partial charge in [-0.1, -0.05) is 13.2 Å². The van der Waals surface area contributed by atoms with Crippen molar-refractivity contribution in [2.24, 2.45) is 0 Å². The second kappa shape index (κ2) is 12.9. The molecule has 0 aliphatic rings. The second-order valence-corrected chi connectivity index (χ2v) is 22.8. The molecule has 0 heterocycles. The van der Waals surface area contributed by atoms with Gasteiger partial charge in [0.25, 0.3) is 0 Å². The van der Waals surface area contributed by atoms with Crippen LogP contribution in [0.1, 0.15) is 20.3 Å². The van der Waals surface area contributed by atoms with Gasteiger partial charge in [-0.2, -0.15) is 0 Å². The molecule has 0 amide bonds. The molecule has 0 saturated heterocycles. The van der Waals surface area contributed by atoms with Crippen LogP contribution in [-0.4, -0.2) is 63.1 Å². The topological polar surface area (TPSA) is 80.3 Å². The zero-order chi connectivity index (χ0) is 24.5. The molecule has 1 unspecified atom stereocenters. The molecule has 0 aliphatic carbocycles. The van der Waals surface area contributed by atoms with E-state index in [4.69, 9.17) is 22.4 Å². The van der Waals surface area contributed by atoms with Crippen LogP contribution in [0.5, 0.6) is 0 Å². The highest BCUT2D eigenvalue weighted by Gasteiger charge is 2.39. The molecule has 0 rings (SSSR count). The first-order valence-electron chi connectivity index (χ1n) is 10.6. The number of ether oxygens (including phenoxy) is 3. The normalized spacial score (nSPS) is 13.5. The maximum Gasteiger partial charge on any atom is 0.333 e. The predicted octanol–water partition coefficient (Wildman–Crippen LogP) is 4.78. The Kier molecular flexibility index (Phi) is 12.4. The molecule has 7 nitrogen and oxygen atoms in total. The van der Waals surface area contributed by atoms with Gasteiger partial charge in [-0.3, -0.25) is 0 Å². The van der Waals surface area contributed by atoms with Crippen LogP contribution >= 0.6 is 0 Å². The van der Waals surface area contributed by atoms with E-state index in [1.807, 2.05) is 0 Å². The molecule has 31 heavy (non-hydrogen) atoms. The van der Waals surface area contributed by atoms with E-state index in [1.54, 1.807) is 13.8 Å². The Hall–Kier alpha value is -1.05. The first-order chi connectivity index (χ1) is 13.9. The minimum Gasteiger partial charge on any atom is -0.458 e. The SMILES string of the molecule is C=C(C)C(=O)OCC(COCCC[Si](C)(O[Si](C)(C)C)O[Si](C)(C)C)OC(=O)C(=C)C. The van der Waals surface area contributed by atoms with Crippen molar-refractivity contribution in [1.29, 1.82) is 0 Å². The van der Waals surface area contributed by atoms with Gasteiger partial charge in [-0.15, -0.1) is 0 Å². The van der Waals surface area contributed by atoms with Gasteiger partial charge in [0.15, 0.2) is 22.7 Å². The Morgan fingerprint density at radius 2 is 1.29 bits per heavy atom. The van der Waals surface area contributed by atoms with Crippen molar-refractivity contribution < 1.29 is 32.0 Å². The highest BCUT2D eigenvalue weighted by molar-refractivity contribution is 6.87. The molecule has 0 aliphatic heterocycles. The summed E-state index contributed by atoms with van der Waals surface area (Å²) in [7, 11) is -5.80. The van der Waals surface area contributed by atoms with Crippen LogP contribution in [0.3, 0.4) is 0 Å². The molecule has 0 N–H and O–H groups in total. The van der Waals surface area contributed by atoms with E-state index in [1.165, 1.54) is 0 Å². The number of hydrogen-bond donors (Lipinski definition) is 0. The van der Waals surface area contributed by atoms with E-state index in [-0.39, 0.29) is 24.4 Å². The molecule has 0 fully saturated rings. The third-order valence-electron chi connectivity index (χ3n) is 3.64. The first kappa shape index (κ1) is 30.0. The summed E-state index contributed by atoms with van der Waals surface area (Å²) in [6, 6.07) is 0.822. The molecule has 0 aromatic carbocycles. The van der Waals surface area contributed by atoms with Gasteiger partial charge in [0.05, 0.1) is 6.61 Å². The van der Waals surface area contributed by atoms with E-state index < -0.39 is 43.2 Å². The predicted molar refractivity (Wildman–Crippen MR) is 131 cm³/mol. The molecular formula is C21H42O7Si3. The van der Waals surface area contributed by atoms with Crippen molar-refractivity contribution >= 4 is 37.1 Å². The molecular weight excluding hydrogens is 448 g/mol. The molecule has 0 aromatic heterocycles. The Bertz CT molecular complexity index is 620. The molecule has 0 aromatic rings. The van der Waals surface area contributed by atoms with Gasteiger partial charge in [0, 0.05) is 17.8 Å². The summed E-state index contributed by atoms with van der Waals surface area (Å²) in [5, 5.41) is 0. The average molecular weight is 491 g/mol.